The van der Waals surface area contributed by atoms with Gasteiger partial charge in [-0.15, -0.1) is 0 Å². The fourth-order valence-electron chi connectivity index (χ4n) is 2.96. The minimum Gasteiger partial charge on any atom is -0.481 e. The van der Waals surface area contributed by atoms with Gasteiger partial charge in [-0.3, -0.25) is 9.59 Å². The van der Waals surface area contributed by atoms with E-state index in [1.807, 2.05) is 13.8 Å². The van der Waals surface area contributed by atoms with Crippen LogP contribution in [-0.4, -0.2) is 17.0 Å². The molecule has 1 amide bonds. The number of carboxylic acids is 1. The third-order valence-electron chi connectivity index (χ3n) is 4.54. The summed E-state index contributed by atoms with van der Waals surface area (Å²) in [5.41, 5.74) is -0.791. The molecule has 1 aliphatic carbocycles. The third kappa shape index (κ3) is 3.68. The summed E-state index contributed by atoms with van der Waals surface area (Å²) in [6.07, 6.45) is 1.63. The molecule has 1 aromatic rings. The molecule has 0 heterocycles. The Labute approximate surface area is 133 Å². The second-order valence-electron chi connectivity index (χ2n) is 6.57. The fourth-order valence-corrected chi connectivity index (χ4v) is 2.96. The Morgan fingerprint density at radius 1 is 1.30 bits per heavy atom. The van der Waals surface area contributed by atoms with Crippen LogP contribution in [0.5, 0.6) is 0 Å². The topological polar surface area (TPSA) is 66.4 Å². The second-order valence-corrected chi connectivity index (χ2v) is 6.57. The van der Waals surface area contributed by atoms with Crippen molar-refractivity contribution < 1.29 is 23.5 Å². The first-order chi connectivity index (χ1) is 10.7. The van der Waals surface area contributed by atoms with E-state index < -0.39 is 35.0 Å². The van der Waals surface area contributed by atoms with Gasteiger partial charge < -0.3 is 10.4 Å². The Balaban J connectivity index is 2.13. The van der Waals surface area contributed by atoms with E-state index in [4.69, 9.17) is 0 Å². The van der Waals surface area contributed by atoms with Gasteiger partial charge in [0, 0.05) is 18.1 Å². The Morgan fingerprint density at radius 3 is 2.39 bits per heavy atom. The minimum absolute atomic E-state index is 0.117. The van der Waals surface area contributed by atoms with Crippen molar-refractivity contribution in [1.29, 1.82) is 0 Å². The first kappa shape index (κ1) is 17.4. The molecule has 1 unspecified atom stereocenters. The number of amides is 1. The second kappa shape index (κ2) is 6.64. The lowest BCUT2D eigenvalue weighted by molar-refractivity contribution is -0.157. The number of benzene rings is 1. The average molecular weight is 325 g/mol. The minimum atomic E-state index is -0.993. The third-order valence-corrected chi connectivity index (χ3v) is 4.54. The van der Waals surface area contributed by atoms with E-state index in [9.17, 15) is 23.5 Å². The van der Waals surface area contributed by atoms with Crippen LogP contribution in [-0.2, 0) is 9.59 Å². The van der Waals surface area contributed by atoms with E-state index in [2.05, 4.69) is 5.32 Å². The number of rotatable bonds is 6. The maximum Gasteiger partial charge on any atom is 0.310 e. The molecule has 0 radical (unpaired) electrons. The highest BCUT2D eigenvalue weighted by molar-refractivity contribution is 5.85. The summed E-state index contributed by atoms with van der Waals surface area (Å²) in [4.78, 5) is 23.6. The molecule has 0 aromatic heterocycles. The van der Waals surface area contributed by atoms with Crippen molar-refractivity contribution in [3.05, 3.63) is 35.4 Å². The van der Waals surface area contributed by atoms with E-state index >= 15 is 0 Å². The standard InChI is InChI=1S/C17H21F2NO3/c1-10(2)15(12-5-4-11(18)8-13(12)19)20-14(21)9-17(16(22)23)6-3-7-17/h4-5,8,10,15H,3,6-7,9H2,1-2H3,(H,20,21)(H,22,23). The molecule has 6 heteroatoms. The molecule has 126 valence electrons. The van der Waals surface area contributed by atoms with Crippen LogP contribution >= 0.6 is 0 Å². The zero-order chi connectivity index (χ0) is 17.2. The van der Waals surface area contributed by atoms with Crippen LogP contribution < -0.4 is 5.32 Å². The molecule has 0 saturated heterocycles. The molecule has 1 aliphatic rings. The Hall–Kier alpha value is -1.98. The summed E-state index contributed by atoms with van der Waals surface area (Å²) < 4.78 is 27.0. The van der Waals surface area contributed by atoms with Crippen molar-refractivity contribution in [2.75, 3.05) is 0 Å². The van der Waals surface area contributed by atoms with Gasteiger partial charge in [0.15, 0.2) is 0 Å². The van der Waals surface area contributed by atoms with Crippen LogP contribution in [0.3, 0.4) is 0 Å². The molecule has 2 rings (SSSR count). The summed E-state index contributed by atoms with van der Waals surface area (Å²) in [5.74, 6) is -2.91. The lowest BCUT2D eigenvalue weighted by Gasteiger charge is -2.37. The van der Waals surface area contributed by atoms with Gasteiger partial charge in [0.25, 0.3) is 0 Å². The monoisotopic (exact) mass is 325 g/mol. The number of halogens is 2. The molecule has 23 heavy (non-hydrogen) atoms. The molecule has 0 aliphatic heterocycles. The smallest absolute Gasteiger partial charge is 0.310 e. The van der Waals surface area contributed by atoms with Crippen LogP contribution in [0.4, 0.5) is 8.78 Å². The summed E-state index contributed by atoms with van der Waals surface area (Å²) in [5, 5.41) is 12.0. The average Bonchev–Trinajstić information content (AvgIpc) is 2.40. The number of hydrogen-bond acceptors (Lipinski definition) is 2. The Morgan fingerprint density at radius 2 is 1.96 bits per heavy atom. The van der Waals surface area contributed by atoms with Crippen molar-refractivity contribution in [1.82, 2.24) is 5.32 Å². The van der Waals surface area contributed by atoms with Crippen LogP contribution in [0, 0.1) is 23.0 Å². The van der Waals surface area contributed by atoms with E-state index in [1.165, 1.54) is 6.07 Å². The number of nitrogens with one attached hydrogen (secondary N) is 1. The van der Waals surface area contributed by atoms with Crippen molar-refractivity contribution in [2.45, 2.75) is 45.6 Å². The zero-order valence-corrected chi connectivity index (χ0v) is 13.2. The van der Waals surface area contributed by atoms with Gasteiger partial charge in [0.2, 0.25) is 5.91 Å². The molecule has 1 saturated carbocycles. The zero-order valence-electron chi connectivity index (χ0n) is 13.2. The summed E-state index contributed by atoms with van der Waals surface area (Å²) in [6, 6.07) is 2.60. The number of carboxylic acid groups (broad SMARTS) is 1. The fraction of sp³-hybridized carbons (Fsp3) is 0.529. The first-order valence-corrected chi connectivity index (χ1v) is 7.73. The molecular formula is C17H21F2NO3. The van der Waals surface area contributed by atoms with E-state index in [1.54, 1.807) is 0 Å². The van der Waals surface area contributed by atoms with Crippen LogP contribution in [0.1, 0.15) is 51.1 Å². The lowest BCUT2D eigenvalue weighted by atomic mass is 9.66. The summed E-state index contributed by atoms with van der Waals surface area (Å²) in [6.45, 7) is 3.62. The molecule has 4 nitrogen and oxygen atoms in total. The molecular weight excluding hydrogens is 304 g/mol. The lowest BCUT2D eigenvalue weighted by Crippen LogP contribution is -2.43. The highest BCUT2D eigenvalue weighted by atomic mass is 19.1. The van der Waals surface area contributed by atoms with Gasteiger partial charge in [0.05, 0.1) is 11.5 Å². The van der Waals surface area contributed by atoms with Gasteiger partial charge in [-0.05, 0) is 24.8 Å². The SMILES string of the molecule is CC(C)C(NC(=O)CC1(C(=O)O)CCC1)c1ccc(F)cc1F. The molecule has 1 atom stereocenters. The highest BCUT2D eigenvalue weighted by Crippen LogP contribution is 2.44. The number of aliphatic carboxylic acids is 1. The quantitative estimate of drug-likeness (QED) is 0.842. The first-order valence-electron chi connectivity index (χ1n) is 7.73. The van der Waals surface area contributed by atoms with Gasteiger partial charge in [0.1, 0.15) is 11.6 Å². The highest BCUT2D eigenvalue weighted by Gasteiger charge is 2.46. The molecule has 1 aromatic carbocycles. The predicted octanol–water partition coefficient (Wildman–Crippen LogP) is 3.42. The number of carbonyl (C=O) groups is 2. The van der Waals surface area contributed by atoms with E-state index in [0.717, 1.165) is 18.6 Å². The van der Waals surface area contributed by atoms with Gasteiger partial charge in [-0.1, -0.05) is 26.3 Å². The largest absolute Gasteiger partial charge is 0.481 e. The molecule has 2 N–H and O–H groups in total. The predicted molar refractivity (Wildman–Crippen MR) is 80.6 cm³/mol. The van der Waals surface area contributed by atoms with Gasteiger partial charge in [-0.2, -0.15) is 0 Å². The van der Waals surface area contributed by atoms with Crippen molar-refractivity contribution in [3.8, 4) is 0 Å². The normalized spacial score (nSPS) is 17.4. The molecule has 1 fully saturated rings. The van der Waals surface area contributed by atoms with E-state index in [-0.39, 0.29) is 17.9 Å². The van der Waals surface area contributed by atoms with Crippen molar-refractivity contribution in [2.24, 2.45) is 11.3 Å². The van der Waals surface area contributed by atoms with E-state index in [0.29, 0.717) is 12.8 Å². The van der Waals surface area contributed by atoms with Crippen LogP contribution in [0.15, 0.2) is 18.2 Å². The van der Waals surface area contributed by atoms with Crippen LogP contribution in [0.2, 0.25) is 0 Å². The number of carbonyl (C=O) groups excluding carboxylic acids is 1. The molecule has 0 bridgehead atoms. The maximum absolute atomic E-state index is 14.0. The van der Waals surface area contributed by atoms with Crippen LogP contribution in [0.25, 0.3) is 0 Å². The van der Waals surface area contributed by atoms with Crippen molar-refractivity contribution in [3.63, 3.8) is 0 Å². The molecule has 0 spiro atoms. The maximum atomic E-state index is 14.0. The number of hydrogen-bond donors (Lipinski definition) is 2. The van der Waals surface area contributed by atoms with Crippen molar-refractivity contribution >= 4 is 11.9 Å². The summed E-state index contributed by atoms with van der Waals surface area (Å²) >= 11 is 0. The van der Waals surface area contributed by atoms with Gasteiger partial charge >= 0.3 is 5.97 Å². The summed E-state index contributed by atoms with van der Waals surface area (Å²) in [7, 11) is 0. The Kier molecular flexibility index (Phi) is 5.02. The Bertz CT molecular complexity index is 612. The van der Waals surface area contributed by atoms with Gasteiger partial charge in [-0.25, -0.2) is 8.78 Å².